The van der Waals surface area contributed by atoms with Gasteiger partial charge in [-0.05, 0) is 56.3 Å². The number of hydrogen-bond donors (Lipinski definition) is 1. The van der Waals surface area contributed by atoms with E-state index in [9.17, 15) is 0 Å². The van der Waals surface area contributed by atoms with Crippen LogP contribution in [0.2, 0.25) is 0 Å². The van der Waals surface area contributed by atoms with Gasteiger partial charge in [0.2, 0.25) is 0 Å². The minimum atomic E-state index is 0.494. The second kappa shape index (κ2) is 7.54. The third-order valence-electron chi connectivity index (χ3n) is 3.66. The number of benzene rings is 1. The average molecular weight is 261 g/mol. The first-order chi connectivity index (χ1) is 9.31. The molecule has 1 atom stereocenters. The second-order valence-electron chi connectivity index (χ2n) is 5.54. The summed E-state index contributed by atoms with van der Waals surface area (Å²) >= 11 is 0. The number of ether oxygens (including phenoxy) is 1. The van der Waals surface area contributed by atoms with Gasteiger partial charge >= 0.3 is 0 Å². The maximum atomic E-state index is 5.77. The molecular weight excluding hydrogens is 234 g/mol. The normalized spacial score (nSPS) is 16.3. The lowest BCUT2D eigenvalue weighted by Gasteiger charge is -2.17. The molecule has 0 aliphatic heterocycles. The Labute approximate surface area is 117 Å². The highest BCUT2D eigenvalue weighted by atomic mass is 16.5. The summed E-state index contributed by atoms with van der Waals surface area (Å²) in [6.07, 6.45) is 7.86. The molecule has 19 heavy (non-hydrogen) atoms. The van der Waals surface area contributed by atoms with Crippen LogP contribution < -0.4 is 10.1 Å². The van der Waals surface area contributed by atoms with Crippen LogP contribution in [0.3, 0.4) is 0 Å². The first-order valence-electron chi connectivity index (χ1n) is 7.80. The summed E-state index contributed by atoms with van der Waals surface area (Å²) in [6, 6.07) is 9.34. The van der Waals surface area contributed by atoms with E-state index in [4.69, 9.17) is 4.74 Å². The molecule has 0 amide bonds. The Balaban J connectivity index is 1.77. The molecule has 0 aromatic heterocycles. The highest BCUT2D eigenvalue weighted by molar-refractivity contribution is 5.28. The molecular formula is C17H27NO. The Kier molecular flexibility index (Phi) is 5.71. The fourth-order valence-corrected chi connectivity index (χ4v) is 2.44. The van der Waals surface area contributed by atoms with Gasteiger partial charge in [0, 0.05) is 6.04 Å². The standard InChI is InChI=1S/C17H27NO/c1-3-5-15(18-4-2)9-6-14-7-10-16(11-8-14)19-17-12-13-17/h7-8,10-11,15,17-18H,3-6,9,12-13H2,1-2H3. The van der Waals surface area contributed by atoms with E-state index in [1.165, 1.54) is 37.7 Å². The van der Waals surface area contributed by atoms with Crippen LogP contribution in [0.15, 0.2) is 24.3 Å². The number of aryl methyl sites for hydroxylation is 1. The number of hydrogen-bond acceptors (Lipinski definition) is 2. The van der Waals surface area contributed by atoms with Crippen molar-refractivity contribution in [1.29, 1.82) is 0 Å². The van der Waals surface area contributed by atoms with Crippen LogP contribution in [0, 0.1) is 0 Å². The number of rotatable bonds is 9. The van der Waals surface area contributed by atoms with Gasteiger partial charge in [0.15, 0.2) is 0 Å². The van der Waals surface area contributed by atoms with E-state index < -0.39 is 0 Å². The molecule has 0 heterocycles. The molecule has 2 heteroatoms. The van der Waals surface area contributed by atoms with Gasteiger partial charge in [-0.1, -0.05) is 32.4 Å². The van der Waals surface area contributed by atoms with Gasteiger partial charge in [-0.25, -0.2) is 0 Å². The summed E-state index contributed by atoms with van der Waals surface area (Å²) in [5.41, 5.74) is 1.42. The van der Waals surface area contributed by atoms with Crippen LogP contribution in [0.25, 0.3) is 0 Å². The van der Waals surface area contributed by atoms with Crippen molar-refractivity contribution in [3.8, 4) is 5.75 Å². The van der Waals surface area contributed by atoms with Crippen LogP contribution in [-0.2, 0) is 6.42 Å². The SMILES string of the molecule is CCCC(CCc1ccc(OC2CC2)cc1)NCC. The van der Waals surface area contributed by atoms with Crippen LogP contribution >= 0.6 is 0 Å². The van der Waals surface area contributed by atoms with Crippen LogP contribution in [0.1, 0.15) is 51.5 Å². The Morgan fingerprint density at radius 2 is 1.89 bits per heavy atom. The van der Waals surface area contributed by atoms with E-state index in [0.717, 1.165) is 18.7 Å². The molecule has 1 aromatic rings. The highest BCUT2D eigenvalue weighted by Gasteiger charge is 2.23. The molecule has 0 radical (unpaired) electrons. The van der Waals surface area contributed by atoms with E-state index in [2.05, 4.69) is 43.4 Å². The lowest BCUT2D eigenvalue weighted by Crippen LogP contribution is -2.29. The van der Waals surface area contributed by atoms with Crippen molar-refractivity contribution >= 4 is 0 Å². The van der Waals surface area contributed by atoms with Crippen LogP contribution in [0.4, 0.5) is 0 Å². The maximum absolute atomic E-state index is 5.77. The molecule has 1 saturated carbocycles. The van der Waals surface area contributed by atoms with Gasteiger partial charge in [-0.3, -0.25) is 0 Å². The Morgan fingerprint density at radius 3 is 2.47 bits per heavy atom. The molecule has 0 saturated heterocycles. The quantitative estimate of drug-likeness (QED) is 0.727. The minimum absolute atomic E-state index is 0.494. The van der Waals surface area contributed by atoms with Crippen LogP contribution in [-0.4, -0.2) is 18.7 Å². The lowest BCUT2D eigenvalue weighted by atomic mass is 10.0. The van der Waals surface area contributed by atoms with Crippen molar-refractivity contribution < 1.29 is 4.74 Å². The third kappa shape index (κ3) is 5.23. The van der Waals surface area contributed by atoms with E-state index in [1.807, 2.05) is 0 Å². The molecule has 0 spiro atoms. The Morgan fingerprint density at radius 1 is 1.16 bits per heavy atom. The topological polar surface area (TPSA) is 21.3 Å². The van der Waals surface area contributed by atoms with Gasteiger partial charge in [-0.15, -0.1) is 0 Å². The van der Waals surface area contributed by atoms with Crippen molar-refractivity contribution in [1.82, 2.24) is 5.32 Å². The monoisotopic (exact) mass is 261 g/mol. The summed E-state index contributed by atoms with van der Waals surface area (Å²) in [7, 11) is 0. The molecule has 1 aliphatic rings. The third-order valence-corrected chi connectivity index (χ3v) is 3.66. The molecule has 106 valence electrons. The fourth-order valence-electron chi connectivity index (χ4n) is 2.44. The summed E-state index contributed by atoms with van der Waals surface area (Å²) in [5, 5.41) is 3.57. The molecule has 1 aromatic carbocycles. The molecule has 2 nitrogen and oxygen atoms in total. The summed E-state index contributed by atoms with van der Waals surface area (Å²) in [4.78, 5) is 0. The molecule has 1 N–H and O–H groups in total. The van der Waals surface area contributed by atoms with Gasteiger partial charge < -0.3 is 10.1 Å². The second-order valence-corrected chi connectivity index (χ2v) is 5.54. The first kappa shape index (κ1) is 14.4. The van der Waals surface area contributed by atoms with Crippen LogP contribution in [0.5, 0.6) is 5.75 Å². The molecule has 1 aliphatic carbocycles. The fraction of sp³-hybridized carbons (Fsp3) is 0.647. The Hall–Kier alpha value is -1.02. The van der Waals surface area contributed by atoms with E-state index in [0.29, 0.717) is 12.1 Å². The van der Waals surface area contributed by atoms with Crippen molar-refractivity contribution in [2.75, 3.05) is 6.54 Å². The zero-order chi connectivity index (χ0) is 13.5. The zero-order valence-electron chi connectivity index (χ0n) is 12.3. The number of nitrogens with one attached hydrogen (secondary N) is 1. The van der Waals surface area contributed by atoms with Gasteiger partial charge in [0.1, 0.15) is 5.75 Å². The van der Waals surface area contributed by atoms with Gasteiger partial charge in [0.25, 0.3) is 0 Å². The minimum Gasteiger partial charge on any atom is -0.490 e. The summed E-state index contributed by atoms with van der Waals surface area (Å²) in [6.45, 7) is 5.51. The van der Waals surface area contributed by atoms with E-state index >= 15 is 0 Å². The van der Waals surface area contributed by atoms with Crippen molar-refractivity contribution in [3.63, 3.8) is 0 Å². The first-order valence-corrected chi connectivity index (χ1v) is 7.80. The van der Waals surface area contributed by atoms with E-state index in [1.54, 1.807) is 0 Å². The highest BCUT2D eigenvalue weighted by Crippen LogP contribution is 2.26. The predicted octanol–water partition coefficient (Wildman–Crippen LogP) is 3.94. The summed E-state index contributed by atoms with van der Waals surface area (Å²) in [5.74, 6) is 1.03. The molecule has 1 fully saturated rings. The summed E-state index contributed by atoms with van der Waals surface area (Å²) < 4.78 is 5.77. The van der Waals surface area contributed by atoms with Gasteiger partial charge in [-0.2, -0.15) is 0 Å². The average Bonchev–Trinajstić information content (AvgIpc) is 3.22. The maximum Gasteiger partial charge on any atom is 0.119 e. The zero-order valence-corrected chi connectivity index (χ0v) is 12.3. The van der Waals surface area contributed by atoms with E-state index in [-0.39, 0.29) is 0 Å². The predicted molar refractivity (Wildman–Crippen MR) is 80.8 cm³/mol. The van der Waals surface area contributed by atoms with Crippen molar-refractivity contribution in [2.24, 2.45) is 0 Å². The van der Waals surface area contributed by atoms with Crippen molar-refractivity contribution in [2.45, 2.75) is 64.5 Å². The Bertz CT molecular complexity index is 350. The molecule has 1 unspecified atom stereocenters. The largest absolute Gasteiger partial charge is 0.490 e. The lowest BCUT2D eigenvalue weighted by molar-refractivity contribution is 0.303. The smallest absolute Gasteiger partial charge is 0.119 e. The van der Waals surface area contributed by atoms with Gasteiger partial charge in [0.05, 0.1) is 6.10 Å². The molecule has 2 rings (SSSR count). The molecule has 0 bridgehead atoms. The van der Waals surface area contributed by atoms with Crippen molar-refractivity contribution in [3.05, 3.63) is 29.8 Å².